The summed E-state index contributed by atoms with van der Waals surface area (Å²) >= 11 is 0. The summed E-state index contributed by atoms with van der Waals surface area (Å²) in [5.41, 5.74) is 2.69. The van der Waals surface area contributed by atoms with Crippen molar-refractivity contribution in [2.24, 2.45) is 0 Å². The number of aliphatic hydroxyl groups excluding tert-OH is 1. The van der Waals surface area contributed by atoms with Crippen LogP contribution in [0.3, 0.4) is 0 Å². The number of aryl methyl sites for hydroxylation is 2. The minimum Gasteiger partial charge on any atom is -0.386 e. The van der Waals surface area contributed by atoms with Gasteiger partial charge in [0.2, 0.25) is 0 Å². The summed E-state index contributed by atoms with van der Waals surface area (Å²) < 4.78 is 27.1. The maximum Gasteiger partial charge on any atom is 0.132 e. The van der Waals surface area contributed by atoms with Gasteiger partial charge >= 0.3 is 0 Å². The fourth-order valence-electron chi connectivity index (χ4n) is 2.15. The molecule has 0 heterocycles. The van der Waals surface area contributed by atoms with Crippen molar-refractivity contribution in [3.05, 3.63) is 64.7 Å². The second-order valence-electron chi connectivity index (χ2n) is 4.85. The Morgan fingerprint density at radius 1 is 1.10 bits per heavy atom. The zero-order chi connectivity index (χ0) is 14.7. The van der Waals surface area contributed by atoms with E-state index in [0.29, 0.717) is 0 Å². The van der Waals surface area contributed by atoms with Crippen LogP contribution >= 0.6 is 0 Å². The molecule has 20 heavy (non-hydrogen) atoms. The average Bonchev–Trinajstić information content (AvgIpc) is 2.37. The number of rotatable bonds is 4. The SMILES string of the molecule is Cc1ccc(NCC(O)c2c(F)cccc2F)c(C)c1. The lowest BCUT2D eigenvalue weighted by Crippen LogP contribution is -2.15. The van der Waals surface area contributed by atoms with Crippen LogP contribution in [0.1, 0.15) is 22.8 Å². The predicted molar refractivity (Wildman–Crippen MR) is 75.7 cm³/mol. The first-order valence-corrected chi connectivity index (χ1v) is 6.42. The van der Waals surface area contributed by atoms with Crippen molar-refractivity contribution in [2.45, 2.75) is 20.0 Å². The van der Waals surface area contributed by atoms with Crippen molar-refractivity contribution in [2.75, 3.05) is 11.9 Å². The smallest absolute Gasteiger partial charge is 0.132 e. The maximum absolute atomic E-state index is 13.5. The molecule has 0 aliphatic heterocycles. The van der Waals surface area contributed by atoms with E-state index in [9.17, 15) is 13.9 Å². The molecule has 2 rings (SSSR count). The molecule has 0 aliphatic carbocycles. The van der Waals surface area contributed by atoms with Crippen molar-refractivity contribution in [1.82, 2.24) is 0 Å². The van der Waals surface area contributed by atoms with Gasteiger partial charge < -0.3 is 10.4 Å². The van der Waals surface area contributed by atoms with Crippen molar-refractivity contribution in [1.29, 1.82) is 0 Å². The van der Waals surface area contributed by atoms with E-state index in [-0.39, 0.29) is 12.1 Å². The Bertz CT molecular complexity index is 593. The second kappa shape index (κ2) is 6.01. The maximum atomic E-state index is 13.5. The third kappa shape index (κ3) is 3.14. The summed E-state index contributed by atoms with van der Waals surface area (Å²) in [5, 5.41) is 13.0. The molecule has 1 atom stereocenters. The molecule has 0 amide bonds. The molecular formula is C16H17F2NO. The fourth-order valence-corrected chi connectivity index (χ4v) is 2.15. The summed E-state index contributed by atoms with van der Waals surface area (Å²) in [7, 11) is 0. The molecule has 2 N–H and O–H groups in total. The highest BCUT2D eigenvalue weighted by Crippen LogP contribution is 2.22. The lowest BCUT2D eigenvalue weighted by atomic mass is 10.1. The molecule has 0 saturated heterocycles. The number of anilines is 1. The molecule has 0 aliphatic rings. The van der Waals surface area contributed by atoms with E-state index < -0.39 is 17.7 Å². The Balaban J connectivity index is 2.11. The highest BCUT2D eigenvalue weighted by molar-refractivity contribution is 5.52. The zero-order valence-electron chi connectivity index (χ0n) is 11.5. The van der Waals surface area contributed by atoms with Gasteiger partial charge in [0.05, 0.1) is 5.56 Å². The van der Waals surface area contributed by atoms with Crippen molar-refractivity contribution >= 4 is 5.69 Å². The number of benzene rings is 2. The number of halogens is 2. The molecule has 2 nitrogen and oxygen atoms in total. The van der Waals surface area contributed by atoms with Crippen LogP contribution in [0.4, 0.5) is 14.5 Å². The predicted octanol–water partition coefficient (Wildman–Crippen LogP) is 3.73. The van der Waals surface area contributed by atoms with Gasteiger partial charge in [-0.05, 0) is 37.6 Å². The van der Waals surface area contributed by atoms with Crippen molar-refractivity contribution in [3.8, 4) is 0 Å². The summed E-state index contributed by atoms with van der Waals surface area (Å²) in [6, 6.07) is 9.37. The van der Waals surface area contributed by atoms with E-state index in [4.69, 9.17) is 0 Å². The quantitative estimate of drug-likeness (QED) is 0.892. The van der Waals surface area contributed by atoms with Crippen LogP contribution in [0.2, 0.25) is 0 Å². The highest BCUT2D eigenvalue weighted by atomic mass is 19.1. The zero-order valence-corrected chi connectivity index (χ0v) is 11.5. The first-order valence-electron chi connectivity index (χ1n) is 6.42. The molecule has 106 valence electrons. The van der Waals surface area contributed by atoms with Crippen molar-refractivity contribution in [3.63, 3.8) is 0 Å². The van der Waals surface area contributed by atoms with E-state index in [2.05, 4.69) is 5.32 Å². The Kier molecular flexibility index (Phi) is 4.35. The fraction of sp³-hybridized carbons (Fsp3) is 0.250. The number of nitrogens with one attached hydrogen (secondary N) is 1. The Labute approximate surface area is 117 Å². The van der Waals surface area contributed by atoms with Gasteiger partial charge in [-0.25, -0.2) is 8.78 Å². The molecule has 0 bridgehead atoms. The summed E-state index contributed by atoms with van der Waals surface area (Å²) in [6.07, 6.45) is -1.24. The lowest BCUT2D eigenvalue weighted by molar-refractivity contribution is 0.181. The van der Waals surface area contributed by atoms with Crippen LogP contribution < -0.4 is 5.32 Å². The first kappa shape index (κ1) is 14.5. The largest absolute Gasteiger partial charge is 0.386 e. The molecule has 4 heteroatoms. The number of hydrogen-bond donors (Lipinski definition) is 2. The molecule has 0 radical (unpaired) electrons. The standard InChI is InChI=1S/C16H17F2NO/c1-10-6-7-14(11(2)8-10)19-9-15(20)16-12(17)4-3-5-13(16)18/h3-8,15,19-20H,9H2,1-2H3. The number of aliphatic hydroxyl groups is 1. The monoisotopic (exact) mass is 277 g/mol. The third-order valence-electron chi connectivity index (χ3n) is 3.20. The van der Waals surface area contributed by atoms with Crippen LogP contribution in [0, 0.1) is 25.5 Å². The Morgan fingerprint density at radius 3 is 2.35 bits per heavy atom. The molecule has 1 unspecified atom stereocenters. The summed E-state index contributed by atoms with van der Waals surface area (Å²) in [6.45, 7) is 3.97. The van der Waals surface area contributed by atoms with Gasteiger partial charge in [-0.15, -0.1) is 0 Å². The minimum absolute atomic E-state index is 0.0434. The molecular weight excluding hydrogens is 260 g/mol. The number of hydrogen-bond acceptors (Lipinski definition) is 2. The first-order chi connectivity index (χ1) is 9.49. The van der Waals surface area contributed by atoms with E-state index in [0.717, 1.165) is 28.9 Å². The summed E-state index contributed by atoms with van der Waals surface area (Å²) in [5.74, 6) is -1.47. The molecule has 0 fully saturated rings. The third-order valence-corrected chi connectivity index (χ3v) is 3.20. The van der Waals surface area contributed by atoms with Crippen LogP contribution in [-0.2, 0) is 0 Å². The van der Waals surface area contributed by atoms with E-state index in [1.165, 1.54) is 6.07 Å². The summed E-state index contributed by atoms with van der Waals surface area (Å²) in [4.78, 5) is 0. The Morgan fingerprint density at radius 2 is 1.75 bits per heavy atom. The van der Waals surface area contributed by atoms with Crippen LogP contribution in [0.5, 0.6) is 0 Å². The second-order valence-corrected chi connectivity index (χ2v) is 4.85. The molecule has 2 aromatic carbocycles. The highest BCUT2D eigenvalue weighted by Gasteiger charge is 2.17. The molecule has 0 spiro atoms. The normalized spacial score (nSPS) is 12.2. The van der Waals surface area contributed by atoms with Gasteiger partial charge in [0.25, 0.3) is 0 Å². The van der Waals surface area contributed by atoms with Gasteiger partial charge in [-0.1, -0.05) is 23.8 Å². The van der Waals surface area contributed by atoms with Gasteiger partial charge in [0.1, 0.15) is 17.7 Å². The van der Waals surface area contributed by atoms with E-state index in [1.807, 2.05) is 32.0 Å². The molecule has 0 aromatic heterocycles. The van der Waals surface area contributed by atoms with Gasteiger partial charge in [-0.3, -0.25) is 0 Å². The van der Waals surface area contributed by atoms with Gasteiger partial charge in [0, 0.05) is 12.2 Å². The topological polar surface area (TPSA) is 32.3 Å². The van der Waals surface area contributed by atoms with Gasteiger partial charge in [-0.2, -0.15) is 0 Å². The van der Waals surface area contributed by atoms with Gasteiger partial charge in [0.15, 0.2) is 0 Å². The van der Waals surface area contributed by atoms with Crippen LogP contribution in [-0.4, -0.2) is 11.7 Å². The van der Waals surface area contributed by atoms with Crippen molar-refractivity contribution < 1.29 is 13.9 Å². The molecule has 2 aromatic rings. The van der Waals surface area contributed by atoms with E-state index in [1.54, 1.807) is 0 Å². The van der Waals surface area contributed by atoms with Crippen LogP contribution in [0.15, 0.2) is 36.4 Å². The lowest BCUT2D eigenvalue weighted by Gasteiger charge is -2.16. The van der Waals surface area contributed by atoms with E-state index >= 15 is 0 Å². The minimum atomic E-state index is -1.24. The Hall–Kier alpha value is -1.94. The van der Waals surface area contributed by atoms with Crippen LogP contribution in [0.25, 0.3) is 0 Å². The molecule has 0 saturated carbocycles. The average molecular weight is 277 g/mol.